The van der Waals surface area contributed by atoms with Gasteiger partial charge in [0.1, 0.15) is 0 Å². The predicted molar refractivity (Wildman–Crippen MR) is 52.8 cm³/mol. The van der Waals surface area contributed by atoms with Gasteiger partial charge in [0, 0.05) is 13.1 Å². The summed E-state index contributed by atoms with van der Waals surface area (Å²) in [5.41, 5.74) is 0. The molecular formula is C7H13N3O2S. The molecule has 1 heterocycles. The van der Waals surface area contributed by atoms with Crippen LogP contribution in [0.15, 0.2) is 12.0 Å². The number of nitrogens with one attached hydrogen (secondary N) is 1. The molecule has 6 heteroatoms. The molecule has 74 valence electrons. The lowest BCUT2D eigenvalue weighted by molar-refractivity contribution is -0.404. The molecule has 0 spiro atoms. The standard InChI is InChI=1S/C7H13N3O2S/c1-6(13-2)9-4-3-8-7(9)5-10(11)12/h5-6,8H,3-4H2,1-2H3/b7-5+. The Bertz CT molecular complexity index is 232. The van der Waals surface area contributed by atoms with E-state index in [9.17, 15) is 10.1 Å². The van der Waals surface area contributed by atoms with E-state index in [0.29, 0.717) is 5.82 Å². The van der Waals surface area contributed by atoms with E-state index in [-0.39, 0.29) is 5.37 Å². The molecule has 0 amide bonds. The fourth-order valence-electron chi connectivity index (χ4n) is 1.25. The van der Waals surface area contributed by atoms with E-state index in [1.165, 1.54) is 0 Å². The summed E-state index contributed by atoms with van der Waals surface area (Å²) in [4.78, 5) is 11.8. The SMILES string of the molecule is CSC(C)N1CCN/C1=C\[N+](=O)[O-]. The summed E-state index contributed by atoms with van der Waals surface area (Å²) in [5, 5.41) is 13.5. The molecule has 0 radical (unpaired) electrons. The largest absolute Gasteiger partial charge is 0.365 e. The summed E-state index contributed by atoms with van der Waals surface area (Å²) in [6.45, 7) is 3.65. The molecule has 0 aromatic heterocycles. The average molecular weight is 203 g/mol. The number of nitrogens with zero attached hydrogens (tertiary/aromatic N) is 2. The first kappa shape index (κ1) is 10.2. The van der Waals surface area contributed by atoms with Crippen molar-refractivity contribution in [3.8, 4) is 0 Å². The van der Waals surface area contributed by atoms with Gasteiger partial charge in [0.2, 0.25) is 0 Å². The van der Waals surface area contributed by atoms with Crippen LogP contribution in [0.5, 0.6) is 0 Å². The maximum Gasteiger partial charge on any atom is 0.274 e. The fourth-order valence-corrected chi connectivity index (χ4v) is 1.72. The van der Waals surface area contributed by atoms with Crippen molar-refractivity contribution in [2.75, 3.05) is 19.3 Å². The molecular weight excluding hydrogens is 190 g/mol. The molecule has 1 atom stereocenters. The van der Waals surface area contributed by atoms with E-state index in [4.69, 9.17) is 0 Å². The number of thioether (sulfide) groups is 1. The Labute approximate surface area is 81.3 Å². The Morgan fingerprint density at radius 1 is 1.85 bits per heavy atom. The van der Waals surface area contributed by atoms with Gasteiger partial charge >= 0.3 is 0 Å². The molecule has 0 aliphatic carbocycles. The average Bonchev–Trinajstić information content (AvgIpc) is 2.50. The van der Waals surface area contributed by atoms with Crippen LogP contribution < -0.4 is 5.32 Å². The van der Waals surface area contributed by atoms with E-state index >= 15 is 0 Å². The van der Waals surface area contributed by atoms with E-state index in [1.807, 2.05) is 18.1 Å². The second-order valence-corrected chi connectivity index (χ2v) is 3.91. The number of hydrogen-bond donors (Lipinski definition) is 1. The van der Waals surface area contributed by atoms with Gasteiger partial charge in [-0.05, 0) is 13.2 Å². The van der Waals surface area contributed by atoms with E-state index in [0.717, 1.165) is 19.3 Å². The fraction of sp³-hybridized carbons (Fsp3) is 0.714. The molecule has 0 bridgehead atoms. The van der Waals surface area contributed by atoms with Gasteiger partial charge in [-0.25, -0.2) is 0 Å². The molecule has 1 saturated heterocycles. The third-order valence-corrected chi connectivity index (χ3v) is 2.91. The van der Waals surface area contributed by atoms with Crippen molar-refractivity contribution in [2.45, 2.75) is 12.3 Å². The van der Waals surface area contributed by atoms with Crippen LogP contribution >= 0.6 is 11.8 Å². The van der Waals surface area contributed by atoms with Crippen molar-refractivity contribution in [1.82, 2.24) is 10.2 Å². The van der Waals surface area contributed by atoms with Crippen LogP contribution in [0.4, 0.5) is 0 Å². The lowest BCUT2D eigenvalue weighted by Crippen LogP contribution is -2.28. The van der Waals surface area contributed by atoms with Crippen molar-refractivity contribution in [3.05, 3.63) is 22.1 Å². The topological polar surface area (TPSA) is 58.4 Å². The zero-order valence-corrected chi connectivity index (χ0v) is 8.50. The van der Waals surface area contributed by atoms with Crippen molar-refractivity contribution in [2.24, 2.45) is 0 Å². The minimum Gasteiger partial charge on any atom is -0.365 e. The maximum atomic E-state index is 10.3. The Hall–Kier alpha value is -0.910. The smallest absolute Gasteiger partial charge is 0.274 e. The first-order valence-corrected chi connectivity index (χ1v) is 5.32. The van der Waals surface area contributed by atoms with Crippen LogP contribution in [0.25, 0.3) is 0 Å². The minimum absolute atomic E-state index is 0.279. The quantitative estimate of drug-likeness (QED) is 0.540. The zero-order valence-electron chi connectivity index (χ0n) is 7.69. The number of rotatable bonds is 3. The Morgan fingerprint density at radius 3 is 3.08 bits per heavy atom. The maximum absolute atomic E-state index is 10.3. The number of nitro groups is 1. The zero-order chi connectivity index (χ0) is 9.84. The Kier molecular flexibility index (Phi) is 3.41. The van der Waals surface area contributed by atoms with Crippen molar-refractivity contribution >= 4 is 11.8 Å². The molecule has 1 rings (SSSR count). The summed E-state index contributed by atoms with van der Waals surface area (Å²) < 4.78 is 0. The molecule has 0 aromatic carbocycles. The van der Waals surface area contributed by atoms with E-state index < -0.39 is 4.92 Å². The molecule has 1 unspecified atom stereocenters. The molecule has 0 aromatic rings. The predicted octanol–water partition coefficient (Wildman–Crippen LogP) is 0.676. The third kappa shape index (κ3) is 2.51. The van der Waals surface area contributed by atoms with Gasteiger partial charge in [-0.3, -0.25) is 10.1 Å². The van der Waals surface area contributed by atoms with Crippen LogP contribution in [-0.2, 0) is 0 Å². The first-order chi connectivity index (χ1) is 6.15. The molecule has 13 heavy (non-hydrogen) atoms. The van der Waals surface area contributed by atoms with Crippen molar-refractivity contribution < 1.29 is 4.92 Å². The summed E-state index contributed by atoms with van der Waals surface area (Å²) in [6.07, 6.45) is 3.02. The van der Waals surface area contributed by atoms with Gasteiger partial charge in [-0.15, -0.1) is 11.8 Å². The monoisotopic (exact) mass is 203 g/mol. The summed E-state index contributed by atoms with van der Waals surface area (Å²) in [7, 11) is 0. The first-order valence-electron chi connectivity index (χ1n) is 4.03. The van der Waals surface area contributed by atoms with E-state index in [1.54, 1.807) is 11.8 Å². The lowest BCUT2D eigenvalue weighted by atomic mass is 10.5. The van der Waals surface area contributed by atoms with Gasteiger partial charge < -0.3 is 10.2 Å². The highest BCUT2D eigenvalue weighted by atomic mass is 32.2. The molecule has 1 aliphatic heterocycles. The highest BCUT2D eigenvalue weighted by Crippen LogP contribution is 2.18. The van der Waals surface area contributed by atoms with Crippen molar-refractivity contribution in [3.63, 3.8) is 0 Å². The minimum atomic E-state index is -0.423. The summed E-state index contributed by atoms with van der Waals surface area (Å²) in [6, 6.07) is 0. The normalized spacial score (nSPS) is 21.7. The second kappa shape index (κ2) is 4.36. The van der Waals surface area contributed by atoms with Gasteiger partial charge in [-0.1, -0.05) is 0 Å². The van der Waals surface area contributed by atoms with Gasteiger partial charge in [-0.2, -0.15) is 0 Å². The highest BCUT2D eigenvalue weighted by molar-refractivity contribution is 7.99. The lowest BCUT2D eigenvalue weighted by Gasteiger charge is -2.23. The molecule has 0 saturated carbocycles. The Morgan fingerprint density at radius 2 is 2.54 bits per heavy atom. The molecule has 5 nitrogen and oxygen atoms in total. The highest BCUT2D eigenvalue weighted by Gasteiger charge is 2.23. The van der Waals surface area contributed by atoms with Crippen LogP contribution in [-0.4, -0.2) is 34.5 Å². The third-order valence-electron chi connectivity index (χ3n) is 1.98. The van der Waals surface area contributed by atoms with Gasteiger partial charge in [0.25, 0.3) is 6.20 Å². The van der Waals surface area contributed by atoms with Gasteiger partial charge in [0.05, 0.1) is 10.3 Å². The summed E-state index contributed by atoms with van der Waals surface area (Å²) in [5.74, 6) is 0.617. The van der Waals surface area contributed by atoms with Crippen LogP contribution in [0.1, 0.15) is 6.92 Å². The Balaban J connectivity index is 2.69. The molecule has 1 aliphatic rings. The van der Waals surface area contributed by atoms with Crippen LogP contribution in [0.2, 0.25) is 0 Å². The number of hydrogen-bond acceptors (Lipinski definition) is 5. The molecule has 1 N–H and O–H groups in total. The van der Waals surface area contributed by atoms with Crippen LogP contribution in [0, 0.1) is 10.1 Å². The van der Waals surface area contributed by atoms with Gasteiger partial charge in [0.15, 0.2) is 5.82 Å². The van der Waals surface area contributed by atoms with Crippen molar-refractivity contribution in [1.29, 1.82) is 0 Å². The van der Waals surface area contributed by atoms with E-state index in [2.05, 4.69) is 5.32 Å². The molecule has 1 fully saturated rings. The summed E-state index contributed by atoms with van der Waals surface area (Å²) >= 11 is 1.68. The van der Waals surface area contributed by atoms with Crippen LogP contribution in [0.3, 0.4) is 0 Å². The second-order valence-electron chi connectivity index (χ2n) is 2.75.